The van der Waals surface area contributed by atoms with Gasteiger partial charge < -0.3 is 5.73 Å². The zero-order chi connectivity index (χ0) is 14.2. The van der Waals surface area contributed by atoms with Gasteiger partial charge in [0.1, 0.15) is 4.90 Å². The summed E-state index contributed by atoms with van der Waals surface area (Å²) in [5, 5.41) is 3.92. The molecule has 0 amide bonds. The first-order valence-corrected chi connectivity index (χ1v) is 7.32. The van der Waals surface area contributed by atoms with E-state index in [0.717, 1.165) is 4.31 Å². The Morgan fingerprint density at radius 2 is 2.05 bits per heavy atom. The Balaban J connectivity index is 2.42. The number of anilines is 1. The third-order valence-electron chi connectivity index (χ3n) is 2.30. The molecule has 0 saturated carbocycles. The van der Waals surface area contributed by atoms with Crippen LogP contribution in [0.1, 0.15) is 0 Å². The van der Waals surface area contributed by atoms with Gasteiger partial charge in [0.05, 0.1) is 0 Å². The number of sulfonamides is 1. The molecule has 0 atom stereocenters. The number of halogens is 1. The molecule has 2 rings (SSSR count). The molecule has 0 radical (unpaired) electrons. The van der Waals surface area contributed by atoms with Crippen molar-refractivity contribution in [3.63, 3.8) is 0 Å². The summed E-state index contributed by atoms with van der Waals surface area (Å²) in [4.78, 5) is 8.01. The van der Waals surface area contributed by atoms with Gasteiger partial charge in [0, 0.05) is 20.3 Å². The van der Waals surface area contributed by atoms with Crippen molar-refractivity contribution < 1.29 is 8.42 Å². The number of hydrogen-bond acceptors (Lipinski definition) is 6. The van der Waals surface area contributed by atoms with Crippen LogP contribution >= 0.6 is 15.9 Å². The van der Waals surface area contributed by atoms with E-state index in [0.29, 0.717) is 10.6 Å². The van der Waals surface area contributed by atoms with Crippen molar-refractivity contribution in [1.82, 2.24) is 24.1 Å². The van der Waals surface area contributed by atoms with E-state index in [2.05, 4.69) is 31.0 Å². The molecule has 2 aromatic heterocycles. The molecule has 0 unspecified atom stereocenters. The quantitative estimate of drug-likeness (QED) is 0.853. The molecule has 102 valence electrons. The summed E-state index contributed by atoms with van der Waals surface area (Å²) in [6.45, 7) is 0. The van der Waals surface area contributed by atoms with Crippen molar-refractivity contribution in [2.75, 3.05) is 19.8 Å². The van der Waals surface area contributed by atoms with E-state index >= 15 is 0 Å². The molecule has 10 heteroatoms. The summed E-state index contributed by atoms with van der Waals surface area (Å²) < 4.78 is 26.6. The highest BCUT2D eigenvalue weighted by molar-refractivity contribution is 9.10. The van der Waals surface area contributed by atoms with Gasteiger partial charge in [0.15, 0.2) is 5.82 Å². The second-order valence-corrected chi connectivity index (χ2v) is 6.65. The fourth-order valence-corrected chi connectivity index (χ4v) is 2.61. The Kier molecular flexibility index (Phi) is 3.56. The standard InChI is InChI=1S/C9H11BrN6O2S/c1-15(2)19(17,18)6-3-4-7(12-5-6)16-8(10)13-9(11)14-16/h3-5H,1-2H3,(H2,11,14). The van der Waals surface area contributed by atoms with E-state index in [4.69, 9.17) is 5.73 Å². The predicted octanol–water partition coefficient (Wildman–Crippen LogP) is 0.257. The van der Waals surface area contributed by atoms with Crippen LogP contribution in [0.5, 0.6) is 0 Å². The molecule has 0 aliphatic carbocycles. The van der Waals surface area contributed by atoms with E-state index < -0.39 is 10.0 Å². The minimum atomic E-state index is -3.49. The fourth-order valence-electron chi connectivity index (χ4n) is 1.31. The van der Waals surface area contributed by atoms with Gasteiger partial charge in [-0.15, -0.1) is 5.10 Å². The number of aromatic nitrogens is 4. The first-order valence-electron chi connectivity index (χ1n) is 5.09. The second kappa shape index (κ2) is 4.87. The average molecular weight is 347 g/mol. The maximum atomic E-state index is 11.9. The SMILES string of the molecule is CN(C)S(=O)(=O)c1ccc(-n2nc(N)nc2Br)nc1. The molecule has 2 heterocycles. The molecule has 0 bridgehead atoms. The molecular formula is C9H11BrN6O2S. The number of nitrogens with two attached hydrogens (primary N) is 1. The number of nitrogen functional groups attached to an aromatic ring is 1. The van der Waals surface area contributed by atoms with E-state index in [9.17, 15) is 8.42 Å². The zero-order valence-electron chi connectivity index (χ0n) is 10.1. The van der Waals surface area contributed by atoms with Gasteiger partial charge in [-0.1, -0.05) is 0 Å². The maximum Gasteiger partial charge on any atom is 0.244 e. The van der Waals surface area contributed by atoms with Crippen molar-refractivity contribution in [1.29, 1.82) is 0 Å². The molecule has 0 saturated heterocycles. The van der Waals surface area contributed by atoms with Crippen LogP contribution in [0.25, 0.3) is 5.82 Å². The van der Waals surface area contributed by atoms with Crippen molar-refractivity contribution in [3.05, 3.63) is 23.1 Å². The van der Waals surface area contributed by atoms with Gasteiger partial charge in [0.25, 0.3) is 0 Å². The van der Waals surface area contributed by atoms with E-state index in [1.54, 1.807) is 0 Å². The molecular weight excluding hydrogens is 336 g/mol. The Morgan fingerprint density at radius 3 is 2.47 bits per heavy atom. The molecule has 19 heavy (non-hydrogen) atoms. The monoisotopic (exact) mass is 346 g/mol. The molecule has 2 aromatic rings. The molecule has 0 aliphatic rings. The van der Waals surface area contributed by atoms with Gasteiger partial charge in [-0.05, 0) is 28.1 Å². The van der Waals surface area contributed by atoms with Crippen molar-refractivity contribution in [2.45, 2.75) is 4.90 Å². The van der Waals surface area contributed by atoms with Crippen molar-refractivity contribution in [3.8, 4) is 5.82 Å². The molecule has 8 nitrogen and oxygen atoms in total. The minimum Gasteiger partial charge on any atom is -0.366 e. The van der Waals surface area contributed by atoms with Crippen LogP contribution in [0.2, 0.25) is 0 Å². The van der Waals surface area contributed by atoms with Gasteiger partial charge in [0.2, 0.25) is 20.7 Å². The van der Waals surface area contributed by atoms with Crippen LogP contribution in [0.3, 0.4) is 0 Å². The van der Waals surface area contributed by atoms with Crippen molar-refractivity contribution in [2.24, 2.45) is 0 Å². The van der Waals surface area contributed by atoms with Crippen molar-refractivity contribution >= 4 is 31.9 Å². The summed E-state index contributed by atoms with van der Waals surface area (Å²) in [7, 11) is -0.579. The Hall–Kier alpha value is -1.52. The molecule has 2 N–H and O–H groups in total. The topological polar surface area (TPSA) is 107 Å². The number of pyridine rings is 1. The van der Waals surface area contributed by atoms with E-state index in [1.807, 2.05) is 0 Å². The molecule has 0 fully saturated rings. The predicted molar refractivity (Wildman–Crippen MR) is 72.1 cm³/mol. The molecule has 0 aliphatic heterocycles. The summed E-state index contributed by atoms with van der Waals surface area (Å²) in [6.07, 6.45) is 1.26. The largest absolute Gasteiger partial charge is 0.366 e. The average Bonchev–Trinajstić information content (AvgIpc) is 2.68. The number of rotatable bonds is 3. The summed E-state index contributed by atoms with van der Waals surface area (Å²) >= 11 is 3.18. The summed E-state index contributed by atoms with van der Waals surface area (Å²) in [5.41, 5.74) is 5.45. The van der Waals surface area contributed by atoms with Crippen LogP contribution in [0, 0.1) is 0 Å². The summed E-state index contributed by atoms with van der Waals surface area (Å²) in [6, 6.07) is 2.97. The lowest BCUT2D eigenvalue weighted by Gasteiger charge is -2.11. The van der Waals surface area contributed by atoms with E-state index in [1.165, 1.54) is 37.1 Å². The number of hydrogen-bond donors (Lipinski definition) is 1. The minimum absolute atomic E-state index is 0.0960. The lowest BCUT2D eigenvalue weighted by Crippen LogP contribution is -2.22. The van der Waals surface area contributed by atoms with Crippen LogP contribution in [-0.4, -0.2) is 46.6 Å². The van der Waals surface area contributed by atoms with Gasteiger partial charge >= 0.3 is 0 Å². The third-order valence-corrected chi connectivity index (χ3v) is 4.61. The molecule has 0 spiro atoms. The summed E-state index contributed by atoms with van der Waals surface area (Å²) in [5.74, 6) is 0.507. The Morgan fingerprint density at radius 1 is 1.37 bits per heavy atom. The van der Waals surface area contributed by atoms with Crippen LogP contribution in [-0.2, 0) is 10.0 Å². The highest BCUT2D eigenvalue weighted by atomic mass is 79.9. The Bertz CT molecular complexity index is 694. The first-order chi connectivity index (χ1) is 8.82. The van der Waals surface area contributed by atoms with Crippen LogP contribution in [0.15, 0.2) is 28.0 Å². The number of nitrogens with zero attached hydrogens (tertiary/aromatic N) is 5. The maximum absolute atomic E-state index is 11.9. The lowest BCUT2D eigenvalue weighted by molar-refractivity contribution is 0.520. The Labute approximate surface area is 118 Å². The van der Waals surface area contributed by atoms with Crippen LogP contribution < -0.4 is 5.73 Å². The van der Waals surface area contributed by atoms with Crippen LogP contribution in [0.4, 0.5) is 5.95 Å². The fraction of sp³-hybridized carbons (Fsp3) is 0.222. The highest BCUT2D eigenvalue weighted by Crippen LogP contribution is 2.16. The van der Waals surface area contributed by atoms with Gasteiger partial charge in [-0.25, -0.2) is 17.7 Å². The first kappa shape index (κ1) is 13.9. The van der Waals surface area contributed by atoms with E-state index in [-0.39, 0.29) is 10.8 Å². The zero-order valence-corrected chi connectivity index (χ0v) is 12.6. The smallest absolute Gasteiger partial charge is 0.244 e. The highest BCUT2D eigenvalue weighted by Gasteiger charge is 2.18. The third kappa shape index (κ3) is 2.60. The van der Waals surface area contributed by atoms with Gasteiger partial charge in [-0.2, -0.15) is 9.67 Å². The molecule has 0 aromatic carbocycles. The lowest BCUT2D eigenvalue weighted by atomic mass is 10.5. The normalized spacial score (nSPS) is 12.0. The second-order valence-electron chi connectivity index (χ2n) is 3.79. The van der Waals surface area contributed by atoms with Gasteiger partial charge in [-0.3, -0.25) is 0 Å².